The largest absolute Gasteiger partial charge is 0.388 e. The van der Waals surface area contributed by atoms with E-state index in [4.69, 9.17) is 0 Å². The van der Waals surface area contributed by atoms with Crippen molar-refractivity contribution in [2.45, 2.75) is 25.8 Å². The zero-order valence-corrected chi connectivity index (χ0v) is 23.1. The van der Waals surface area contributed by atoms with Crippen molar-refractivity contribution in [1.29, 1.82) is 0 Å². The number of aldehydes is 1. The van der Waals surface area contributed by atoms with E-state index in [2.05, 4.69) is 41.8 Å². The normalized spacial score (nSPS) is 18.7. The molecule has 1 fully saturated rings. The number of carbonyl (C=O) groups is 2. The molecule has 1 amide bonds. The van der Waals surface area contributed by atoms with Crippen molar-refractivity contribution in [3.63, 3.8) is 0 Å². The highest BCUT2D eigenvalue weighted by Crippen LogP contribution is 2.35. The third-order valence-corrected chi connectivity index (χ3v) is 8.13. The zero-order chi connectivity index (χ0) is 28.7. The second-order valence-electron chi connectivity index (χ2n) is 9.49. The van der Waals surface area contributed by atoms with Gasteiger partial charge < -0.3 is 15.4 Å². The van der Waals surface area contributed by atoms with Gasteiger partial charge in [-0.2, -0.15) is 0 Å². The molecule has 2 N–H and O–H groups in total. The molecule has 3 aromatic rings. The number of sulfonamides is 1. The van der Waals surface area contributed by atoms with Gasteiger partial charge in [0.05, 0.1) is 17.6 Å². The van der Waals surface area contributed by atoms with Crippen LogP contribution in [-0.2, 0) is 19.6 Å². The summed E-state index contributed by atoms with van der Waals surface area (Å²) in [6.07, 6.45) is 3.59. The molecule has 0 radical (unpaired) electrons. The van der Waals surface area contributed by atoms with Crippen LogP contribution in [0.25, 0.3) is 5.69 Å². The number of halogens is 1. The van der Waals surface area contributed by atoms with Crippen molar-refractivity contribution in [1.82, 2.24) is 8.87 Å². The molecule has 0 aliphatic heterocycles. The molecule has 39 heavy (non-hydrogen) atoms. The predicted octanol–water partition coefficient (Wildman–Crippen LogP) is 3.44. The lowest BCUT2D eigenvalue weighted by atomic mass is 9.96. The van der Waals surface area contributed by atoms with Crippen LogP contribution in [-0.4, -0.2) is 55.9 Å². The van der Waals surface area contributed by atoms with Crippen molar-refractivity contribution >= 4 is 33.6 Å². The summed E-state index contributed by atoms with van der Waals surface area (Å²) in [5.74, 6) is -2.72. The third kappa shape index (κ3) is 7.61. The number of hydrogen-bond donors (Lipinski definition) is 2. The summed E-state index contributed by atoms with van der Waals surface area (Å²) >= 11 is 0. The Hall–Kier alpha value is -3.83. The molecule has 1 heterocycles. The number of amides is 1. The van der Waals surface area contributed by atoms with Crippen molar-refractivity contribution in [2.24, 2.45) is 11.8 Å². The number of aromatic nitrogens is 1. The monoisotopic (exact) mass is 556 g/mol. The van der Waals surface area contributed by atoms with Crippen molar-refractivity contribution in [2.75, 3.05) is 31.0 Å². The SMILES string of the molecule is CN(C1CC(C=O)[C@@H](C(=O)Nc2ccc(-n3ccccc3=O)cc2F)C1)S(C)(=O)=O.CNc1ccc(C)cc1. The molecule has 2 unspecified atom stereocenters. The Kier molecular flexibility index (Phi) is 9.76. The summed E-state index contributed by atoms with van der Waals surface area (Å²) in [5.41, 5.74) is 2.36. The number of pyridine rings is 1. The molecule has 208 valence electrons. The summed E-state index contributed by atoms with van der Waals surface area (Å²) in [6.45, 7) is 2.08. The second kappa shape index (κ2) is 12.8. The minimum absolute atomic E-state index is 0.0858. The predicted molar refractivity (Wildman–Crippen MR) is 150 cm³/mol. The minimum atomic E-state index is -3.47. The maximum absolute atomic E-state index is 14.6. The molecule has 1 aliphatic carbocycles. The molecule has 11 heteroatoms. The van der Waals surface area contributed by atoms with Crippen LogP contribution in [0.4, 0.5) is 15.8 Å². The van der Waals surface area contributed by atoms with E-state index in [1.807, 2.05) is 7.05 Å². The first-order chi connectivity index (χ1) is 18.4. The standard InChI is InChI=1S/C20H22FN3O5S.C8H11N/c1-23(30(2,28)29)15-9-13(12-25)16(10-15)20(27)22-18-7-6-14(11-17(18)21)24-8-4-3-5-19(24)26;1-7-3-5-8(9-2)6-4-7/h3-8,11-13,15-16H,9-10H2,1-2H3,(H,22,27);3-6,9H,1-2H3/t13?,15?,16-;/m0./s1. The third-order valence-electron chi connectivity index (χ3n) is 6.79. The molecule has 0 bridgehead atoms. The number of aryl methyl sites for hydroxylation is 1. The van der Waals surface area contributed by atoms with E-state index in [1.54, 1.807) is 12.1 Å². The fourth-order valence-electron chi connectivity index (χ4n) is 4.40. The summed E-state index contributed by atoms with van der Waals surface area (Å²) in [4.78, 5) is 36.0. The van der Waals surface area contributed by atoms with E-state index >= 15 is 0 Å². The number of carbonyl (C=O) groups excluding carboxylic acids is 2. The van der Waals surface area contributed by atoms with E-state index in [9.17, 15) is 27.2 Å². The van der Waals surface area contributed by atoms with Crippen LogP contribution in [0.5, 0.6) is 0 Å². The molecular formula is C28H33FN4O5S. The van der Waals surface area contributed by atoms with E-state index in [-0.39, 0.29) is 24.1 Å². The van der Waals surface area contributed by atoms with Gasteiger partial charge in [-0.05, 0) is 50.1 Å². The Morgan fingerprint density at radius 2 is 1.79 bits per heavy atom. The second-order valence-corrected chi connectivity index (χ2v) is 11.5. The highest BCUT2D eigenvalue weighted by atomic mass is 32.2. The topological polar surface area (TPSA) is 118 Å². The average molecular weight is 557 g/mol. The van der Waals surface area contributed by atoms with Crippen LogP contribution in [0.1, 0.15) is 18.4 Å². The van der Waals surface area contributed by atoms with E-state index < -0.39 is 39.6 Å². The quantitative estimate of drug-likeness (QED) is 0.431. The van der Waals surface area contributed by atoms with Gasteiger partial charge >= 0.3 is 0 Å². The maximum atomic E-state index is 14.6. The zero-order valence-electron chi connectivity index (χ0n) is 22.3. The fraction of sp³-hybridized carbons (Fsp3) is 0.321. The number of nitrogens with one attached hydrogen (secondary N) is 2. The minimum Gasteiger partial charge on any atom is -0.388 e. The van der Waals surface area contributed by atoms with Crippen LogP contribution >= 0.6 is 0 Å². The number of rotatable bonds is 7. The summed E-state index contributed by atoms with van der Waals surface area (Å²) in [6, 6.07) is 16.3. The number of hydrogen-bond acceptors (Lipinski definition) is 6. The highest BCUT2D eigenvalue weighted by molar-refractivity contribution is 7.88. The lowest BCUT2D eigenvalue weighted by Crippen LogP contribution is -2.35. The molecular weight excluding hydrogens is 523 g/mol. The van der Waals surface area contributed by atoms with Crippen LogP contribution < -0.4 is 16.2 Å². The Labute approximate surface area is 227 Å². The number of anilines is 2. The summed E-state index contributed by atoms with van der Waals surface area (Å²) in [7, 11) is -0.139. The lowest BCUT2D eigenvalue weighted by molar-refractivity contribution is -0.124. The van der Waals surface area contributed by atoms with Crippen LogP contribution in [0.2, 0.25) is 0 Å². The van der Waals surface area contributed by atoms with Gasteiger partial charge in [-0.3, -0.25) is 14.2 Å². The van der Waals surface area contributed by atoms with Gasteiger partial charge in [0, 0.05) is 56.0 Å². The molecule has 3 atom stereocenters. The number of benzene rings is 2. The Balaban J connectivity index is 0.000000395. The summed E-state index contributed by atoms with van der Waals surface area (Å²) in [5, 5.41) is 5.53. The molecule has 4 rings (SSSR count). The van der Waals surface area contributed by atoms with Gasteiger partial charge in [0.1, 0.15) is 12.1 Å². The van der Waals surface area contributed by atoms with Gasteiger partial charge in [0.15, 0.2) is 0 Å². The maximum Gasteiger partial charge on any atom is 0.255 e. The molecule has 1 aliphatic rings. The van der Waals surface area contributed by atoms with E-state index in [0.717, 1.165) is 16.6 Å². The highest BCUT2D eigenvalue weighted by Gasteiger charge is 2.42. The smallest absolute Gasteiger partial charge is 0.255 e. The van der Waals surface area contributed by atoms with Crippen LogP contribution in [0.3, 0.4) is 0 Å². The first-order valence-corrected chi connectivity index (χ1v) is 14.2. The Bertz CT molecular complexity index is 1470. The first kappa shape index (κ1) is 29.7. The molecule has 0 saturated heterocycles. The fourth-order valence-corrected chi connectivity index (χ4v) is 5.12. The van der Waals surface area contributed by atoms with Crippen molar-refractivity contribution < 1.29 is 22.4 Å². The van der Waals surface area contributed by atoms with Crippen LogP contribution in [0, 0.1) is 24.6 Å². The molecule has 1 aromatic heterocycles. The average Bonchev–Trinajstić information content (AvgIpc) is 3.34. The van der Waals surface area contributed by atoms with Crippen molar-refractivity contribution in [3.8, 4) is 5.69 Å². The van der Waals surface area contributed by atoms with E-state index in [1.165, 1.54) is 47.3 Å². The molecule has 2 aromatic carbocycles. The lowest BCUT2D eigenvalue weighted by Gasteiger charge is -2.21. The first-order valence-electron chi connectivity index (χ1n) is 12.4. The molecule has 9 nitrogen and oxygen atoms in total. The van der Waals surface area contributed by atoms with Gasteiger partial charge in [0.25, 0.3) is 5.56 Å². The molecule has 1 saturated carbocycles. The molecule has 0 spiro atoms. The Morgan fingerprint density at radius 3 is 2.36 bits per heavy atom. The Morgan fingerprint density at radius 1 is 1.10 bits per heavy atom. The summed E-state index contributed by atoms with van der Waals surface area (Å²) < 4.78 is 40.5. The van der Waals surface area contributed by atoms with E-state index in [0.29, 0.717) is 12.0 Å². The van der Waals surface area contributed by atoms with Gasteiger partial charge in [-0.15, -0.1) is 0 Å². The van der Waals surface area contributed by atoms with Crippen molar-refractivity contribution in [3.05, 3.63) is 88.6 Å². The van der Waals surface area contributed by atoms with Crippen LogP contribution in [0.15, 0.2) is 71.7 Å². The van der Waals surface area contributed by atoms with Gasteiger partial charge in [-0.1, -0.05) is 23.8 Å². The number of nitrogens with zero attached hydrogens (tertiary/aromatic N) is 2. The van der Waals surface area contributed by atoms with Gasteiger partial charge in [-0.25, -0.2) is 17.1 Å². The van der Waals surface area contributed by atoms with Gasteiger partial charge in [0.2, 0.25) is 15.9 Å².